The van der Waals surface area contributed by atoms with E-state index in [1.165, 1.54) is 6.42 Å². The minimum Gasteiger partial charge on any atom is -0.337 e. The lowest BCUT2D eigenvalue weighted by Gasteiger charge is -2.34. The zero-order valence-electron chi connectivity index (χ0n) is 14.7. The molecule has 0 spiro atoms. The maximum atomic E-state index is 12.7. The molecule has 3 rings (SSSR count). The number of amides is 1. The highest BCUT2D eigenvalue weighted by Gasteiger charge is 2.27. The fraction of sp³-hybridized carbons (Fsp3) is 0.588. The SMILES string of the molecule is Cc1nn(Cn2ccc(C(=O)N3C[C@H](C)C[C@H](C)C3)n2)c(C)c1Cl. The molecule has 1 aliphatic rings. The number of aryl methyl sites for hydroxylation is 1. The lowest BCUT2D eigenvalue weighted by Crippen LogP contribution is -2.42. The van der Waals surface area contributed by atoms with Gasteiger partial charge in [0.25, 0.3) is 5.91 Å². The van der Waals surface area contributed by atoms with Gasteiger partial charge in [0, 0.05) is 19.3 Å². The summed E-state index contributed by atoms with van der Waals surface area (Å²) in [5.74, 6) is 1.09. The molecule has 0 aromatic carbocycles. The van der Waals surface area contributed by atoms with Crippen molar-refractivity contribution in [1.82, 2.24) is 24.5 Å². The van der Waals surface area contributed by atoms with Crippen molar-refractivity contribution in [3.05, 3.63) is 34.4 Å². The first-order valence-corrected chi connectivity index (χ1v) is 8.75. The van der Waals surface area contributed by atoms with Crippen LogP contribution in [0.1, 0.15) is 42.1 Å². The van der Waals surface area contributed by atoms with Crippen LogP contribution in [0, 0.1) is 25.7 Å². The number of carbonyl (C=O) groups excluding carboxylic acids is 1. The highest BCUT2D eigenvalue weighted by molar-refractivity contribution is 6.31. The molecule has 3 heterocycles. The fourth-order valence-corrected chi connectivity index (χ4v) is 3.63. The lowest BCUT2D eigenvalue weighted by atomic mass is 9.92. The van der Waals surface area contributed by atoms with Crippen LogP contribution in [-0.2, 0) is 6.67 Å². The molecule has 7 heteroatoms. The number of hydrogen-bond donors (Lipinski definition) is 0. The van der Waals surface area contributed by atoms with E-state index in [2.05, 4.69) is 24.0 Å². The second-order valence-corrected chi connectivity index (χ2v) is 7.40. The Labute approximate surface area is 147 Å². The molecule has 130 valence electrons. The molecular weight excluding hydrogens is 326 g/mol. The normalized spacial score (nSPS) is 21.3. The Morgan fingerprint density at radius 1 is 1.25 bits per heavy atom. The van der Waals surface area contributed by atoms with Crippen molar-refractivity contribution in [2.24, 2.45) is 11.8 Å². The van der Waals surface area contributed by atoms with E-state index in [0.717, 1.165) is 24.5 Å². The lowest BCUT2D eigenvalue weighted by molar-refractivity contribution is 0.0616. The van der Waals surface area contributed by atoms with E-state index in [9.17, 15) is 4.79 Å². The van der Waals surface area contributed by atoms with Crippen LogP contribution in [0.25, 0.3) is 0 Å². The van der Waals surface area contributed by atoms with Gasteiger partial charge >= 0.3 is 0 Å². The minimum atomic E-state index is 0.0125. The van der Waals surface area contributed by atoms with E-state index in [-0.39, 0.29) is 5.91 Å². The molecule has 2 aromatic rings. The number of rotatable bonds is 3. The minimum absolute atomic E-state index is 0.0125. The number of aromatic nitrogens is 4. The van der Waals surface area contributed by atoms with Crippen LogP contribution in [-0.4, -0.2) is 43.5 Å². The van der Waals surface area contributed by atoms with E-state index in [1.807, 2.05) is 24.9 Å². The van der Waals surface area contributed by atoms with E-state index >= 15 is 0 Å². The van der Waals surface area contributed by atoms with Gasteiger partial charge < -0.3 is 4.90 Å². The highest BCUT2D eigenvalue weighted by atomic mass is 35.5. The van der Waals surface area contributed by atoms with E-state index in [4.69, 9.17) is 11.6 Å². The third-order valence-electron chi connectivity index (χ3n) is 4.59. The molecule has 6 nitrogen and oxygen atoms in total. The molecule has 0 aliphatic carbocycles. The van der Waals surface area contributed by atoms with Crippen molar-refractivity contribution < 1.29 is 4.79 Å². The zero-order valence-corrected chi connectivity index (χ0v) is 15.4. The summed E-state index contributed by atoms with van der Waals surface area (Å²) in [5, 5.41) is 9.51. The molecule has 1 aliphatic heterocycles. The van der Waals surface area contributed by atoms with Crippen molar-refractivity contribution in [1.29, 1.82) is 0 Å². The van der Waals surface area contributed by atoms with Gasteiger partial charge in [0.2, 0.25) is 0 Å². The summed E-state index contributed by atoms with van der Waals surface area (Å²) in [6.45, 7) is 10.3. The number of likely N-dealkylation sites (tertiary alicyclic amines) is 1. The number of carbonyl (C=O) groups is 1. The topological polar surface area (TPSA) is 56.0 Å². The Hall–Kier alpha value is -1.82. The monoisotopic (exact) mass is 349 g/mol. The number of piperidine rings is 1. The summed E-state index contributed by atoms with van der Waals surface area (Å²) in [4.78, 5) is 14.6. The predicted octanol–water partition coefficient (Wildman–Crippen LogP) is 2.97. The molecule has 0 bridgehead atoms. The van der Waals surface area contributed by atoms with Gasteiger partial charge in [-0.15, -0.1) is 0 Å². The van der Waals surface area contributed by atoms with E-state index in [1.54, 1.807) is 15.4 Å². The first-order valence-electron chi connectivity index (χ1n) is 8.37. The molecule has 2 atom stereocenters. The summed E-state index contributed by atoms with van der Waals surface area (Å²) in [6.07, 6.45) is 2.99. The summed E-state index contributed by atoms with van der Waals surface area (Å²) in [7, 11) is 0. The van der Waals surface area contributed by atoms with Gasteiger partial charge in [-0.25, -0.2) is 4.68 Å². The average Bonchev–Trinajstić information content (AvgIpc) is 3.07. The molecule has 1 fully saturated rings. The van der Waals surface area contributed by atoms with Gasteiger partial charge in [-0.3, -0.25) is 9.48 Å². The van der Waals surface area contributed by atoms with Gasteiger partial charge in [0.15, 0.2) is 0 Å². The quantitative estimate of drug-likeness (QED) is 0.856. The van der Waals surface area contributed by atoms with Crippen molar-refractivity contribution in [3.8, 4) is 0 Å². The van der Waals surface area contributed by atoms with Crippen LogP contribution in [0.3, 0.4) is 0 Å². The van der Waals surface area contributed by atoms with Crippen LogP contribution in [0.15, 0.2) is 12.3 Å². The molecule has 0 radical (unpaired) electrons. The fourth-order valence-electron chi connectivity index (χ4n) is 3.50. The standard InChI is InChI=1S/C17H24ClN5O/c1-11-7-12(2)9-21(8-11)17(24)15-5-6-22(20-15)10-23-14(4)16(18)13(3)19-23/h5-6,11-12H,7-10H2,1-4H3/t11-,12+. The zero-order chi connectivity index (χ0) is 17.4. The summed E-state index contributed by atoms with van der Waals surface area (Å²) in [5.41, 5.74) is 2.19. The molecule has 2 aromatic heterocycles. The van der Waals surface area contributed by atoms with Crippen LogP contribution in [0.5, 0.6) is 0 Å². The molecule has 1 saturated heterocycles. The molecule has 1 amide bonds. The molecular formula is C17H24ClN5O. The van der Waals surface area contributed by atoms with Crippen molar-refractivity contribution in [2.45, 2.75) is 40.8 Å². The van der Waals surface area contributed by atoms with Gasteiger partial charge in [-0.1, -0.05) is 25.4 Å². The summed E-state index contributed by atoms with van der Waals surface area (Å²) >= 11 is 6.18. The number of nitrogens with zero attached hydrogens (tertiary/aromatic N) is 5. The largest absolute Gasteiger partial charge is 0.337 e. The predicted molar refractivity (Wildman–Crippen MR) is 93.2 cm³/mol. The maximum absolute atomic E-state index is 12.7. The third kappa shape index (κ3) is 3.34. The molecule has 0 N–H and O–H groups in total. The number of hydrogen-bond acceptors (Lipinski definition) is 3. The Morgan fingerprint density at radius 3 is 2.50 bits per heavy atom. The Morgan fingerprint density at radius 2 is 1.92 bits per heavy atom. The van der Waals surface area contributed by atoms with E-state index < -0.39 is 0 Å². The summed E-state index contributed by atoms with van der Waals surface area (Å²) in [6, 6.07) is 1.78. The summed E-state index contributed by atoms with van der Waals surface area (Å²) < 4.78 is 3.52. The Kier molecular flexibility index (Phi) is 4.67. The third-order valence-corrected chi connectivity index (χ3v) is 5.13. The second kappa shape index (κ2) is 6.59. The number of halogens is 1. The average molecular weight is 350 g/mol. The smallest absolute Gasteiger partial charge is 0.274 e. The molecule has 24 heavy (non-hydrogen) atoms. The molecule has 0 unspecified atom stereocenters. The van der Waals surface area contributed by atoms with Gasteiger partial charge in [-0.2, -0.15) is 10.2 Å². The van der Waals surface area contributed by atoms with Crippen LogP contribution in [0.2, 0.25) is 5.02 Å². The van der Waals surface area contributed by atoms with Gasteiger partial charge in [-0.05, 0) is 38.2 Å². The first kappa shape index (κ1) is 17.0. The van der Waals surface area contributed by atoms with E-state index in [0.29, 0.717) is 29.2 Å². The van der Waals surface area contributed by atoms with Crippen molar-refractivity contribution >= 4 is 17.5 Å². The van der Waals surface area contributed by atoms with Crippen LogP contribution >= 0.6 is 11.6 Å². The highest BCUT2D eigenvalue weighted by Crippen LogP contribution is 2.22. The van der Waals surface area contributed by atoms with Crippen molar-refractivity contribution in [2.75, 3.05) is 13.1 Å². The Bertz CT molecular complexity index is 740. The van der Waals surface area contributed by atoms with Crippen LogP contribution < -0.4 is 0 Å². The second-order valence-electron chi connectivity index (χ2n) is 7.02. The maximum Gasteiger partial charge on any atom is 0.274 e. The van der Waals surface area contributed by atoms with Gasteiger partial charge in [0.05, 0.1) is 16.4 Å². The Balaban J connectivity index is 1.73. The van der Waals surface area contributed by atoms with Crippen molar-refractivity contribution in [3.63, 3.8) is 0 Å². The van der Waals surface area contributed by atoms with Gasteiger partial charge in [0.1, 0.15) is 12.4 Å². The molecule has 0 saturated carbocycles. The first-order chi connectivity index (χ1) is 11.3. The van der Waals surface area contributed by atoms with Crippen LogP contribution in [0.4, 0.5) is 0 Å².